The van der Waals surface area contributed by atoms with Crippen LogP contribution in [-0.4, -0.2) is 47.1 Å². The first-order valence-electron chi connectivity index (χ1n) is 7.98. The predicted molar refractivity (Wildman–Crippen MR) is 84.3 cm³/mol. The maximum atomic E-state index is 12.6. The zero-order valence-electron chi connectivity index (χ0n) is 13.2. The van der Waals surface area contributed by atoms with Crippen molar-refractivity contribution in [1.82, 2.24) is 10.2 Å². The minimum absolute atomic E-state index is 0.0177. The molecular formula is C17H19N3O4. The van der Waals surface area contributed by atoms with Gasteiger partial charge in [-0.25, -0.2) is 4.79 Å². The molecule has 2 atom stereocenters. The SMILES string of the molecule is N#CC1CCCN1C(=O)[C@@H]1Cc2ccc(OCC(=O)O)cc2CN1. The van der Waals surface area contributed by atoms with E-state index in [0.717, 1.165) is 24.0 Å². The second-order valence-electron chi connectivity index (χ2n) is 6.07. The topological polar surface area (TPSA) is 103 Å². The Bertz CT molecular complexity index is 698. The van der Waals surface area contributed by atoms with Crippen molar-refractivity contribution in [2.45, 2.75) is 37.9 Å². The lowest BCUT2D eigenvalue weighted by molar-refractivity contribution is -0.139. The normalized spacial score (nSPS) is 22.5. The molecule has 2 N–H and O–H groups in total. The number of nitrogens with zero attached hydrogens (tertiary/aromatic N) is 2. The second kappa shape index (κ2) is 6.89. The highest BCUT2D eigenvalue weighted by Gasteiger charge is 2.34. The van der Waals surface area contributed by atoms with Crippen molar-refractivity contribution in [1.29, 1.82) is 5.26 Å². The van der Waals surface area contributed by atoms with E-state index in [-0.39, 0.29) is 24.6 Å². The van der Waals surface area contributed by atoms with Crippen molar-refractivity contribution in [3.63, 3.8) is 0 Å². The molecule has 126 valence electrons. The third-order valence-corrected chi connectivity index (χ3v) is 4.49. The second-order valence-corrected chi connectivity index (χ2v) is 6.07. The van der Waals surface area contributed by atoms with Crippen LogP contribution in [0.15, 0.2) is 18.2 Å². The number of nitrogens with one attached hydrogen (secondary N) is 1. The number of aliphatic carboxylic acids is 1. The summed E-state index contributed by atoms with van der Waals surface area (Å²) in [5.41, 5.74) is 2.04. The molecule has 1 aromatic rings. The highest BCUT2D eigenvalue weighted by atomic mass is 16.5. The smallest absolute Gasteiger partial charge is 0.341 e. The predicted octanol–water partition coefficient (Wildman–Crippen LogP) is 0.679. The van der Waals surface area contributed by atoms with Crippen LogP contribution in [0.5, 0.6) is 5.75 Å². The number of hydrogen-bond acceptors (Lipinski definition) is 5. The number of carbonyl (C=O) groups is 2. The molecule has 1 fully saturated rings. The van der Waals surface area contributed by atoms with Crippen LogP contribution in [-0.2, 0) is 22.6 Å². The van der Waals surface area contributed by atoms with Crippen LogP contribution >= 0.6 is 0 Å². The molecule has 24 heavy (non-hydrogen) atoms. The molecule has 3 rings (SSSR count). The summed E-state index contributed by atoms with van der Waals surface area (Å²) in [6.45, 7) is 0.781. The monoisotopic (exact) mass is 329 g/mol. The minimum atomic E-state index is -1.02. The zero-order valence-corrected chi connectivity index (χ0v) is 13.2. The average molecular weight is 329 g/mol. The van der Waals surface area contributed by atoms with Crippen molar-refractivity contribution in [2.24, 2.45) is 0 Å². The van der Waals surface area contributed by atoms with Gasteiger partial charge >= 0.3 is 5.97 Å². The van der Waals surface area contributed by atoms with Crippen LogP contribution in [0, 0.1) is 11.3 Å². The number of nitriles is 1. The van der Waals surface area contributed by atoms with Gasteiger partial charge in [-0.05, 0) is 42.5 Å². The number of likely N-dealkylation sites (tertiary alicyclic amines) is 1. The summed E-state index contributed by atoms with van der Waals surface area (Å²) in [5.74, 6) is -0.531. The summed E-state index contributed by atoms with van der Waals surface area (Å²) < 4.78 is 5.18. The van der Waals surface area contributed by atoms with Crippen molar-refractivity contribution in [3.8, 4) is 11.8 Å². The highest BCUT2D eigenvalue weighted by Crippen LogP contribution is 2.25. The van der Waals surface area contributed by atoms with Crippen molar-refractivity contribution in [3.05, 3.63) is 29.3 Å². The van der Waals surface area contributed by atoms with Crippen LogP contribution in [0.4, 0.5) is 0 Å². The summed E-state index contributed by atoms with van der Waals surface area (Å²) >= 11 is 0. The molecule has 2 heterocycles. The van der Waals surface area contributed by atoms with E-state index in [4.69, 9.17) is 15.1 Å². The lowest BCUT2D eigenvalue weighted by Gasteiger charge is -2.30. The molecule has 1 aromatic carbocycles. The van der Waals surface area contributed by atoms with E-state index in [2.05, 4.69) is 11.4 Å². The van der Waals surface area contributed by atoms with Gasteiger partial charge in [0.25, 0.3) is 0 Å². The lowest BCUT2D eigenvalue weighted by atomic mass is 9.94. The summed E-state index contributed by atoms with van der Waals surface area (Å²) in [6.07, 6.45) is 2.18. The third kappa shape index (κ3) is 3.34. The van der Waals surface area contributed by atoms with Crippen LogP contribution in [0.1, 0.15) is 24.0 Å². The first kappa shape index (κ1) is 16.3. The van der Waals surface area contributed by atoms with Crippen molar-refractivity contribution in [2.75, 3.05) is 13.2 Å². The number of carbonyl (C=O) groups excluding carboxylic acids is 1. The molecule has 0 aliphatic carbocycles. The number of fused-ring (bicyclic) bond motifs is 1. The van der Waals surface area contributed by atoms with Gasteiger partial charge in [0, 0.05) is 13.1 Å². The molecule has 0 saturated carbocycles. The van der Waals surface area contributed by atoms with E-state index in [9.17, 15) is 9.59 Å². The van der Waals surface area contributed by atoms with E-state index in [1.165, 1.54) is 0 Å². The molecule has 0 aromatic heterocycles. The molecule has 1 saturated heterocycles. The molecule has 0 radical (unpaired) electrons. The Morgan fingerprint density at radius 3 is 3.00 bits per heavy atom. The van der Waals surface area contributed by atoms with E-state index < -0.39 is 5.97 Å². The van der Waals surface area contributed by atoms with Gasteiger partial charge in [0.05, 0.1) is 12.1 Å². The van der Waals surface area contributed by atoms with Gasteiger partial charge in [-0.15, -0.1) is 0 Å². The number of carboxylic acids is 1. The first-order chi connectivity index (χ1) is 11.6. The fourth-order valence-corrected chi connectivity index (χ4v) is 3.27. The van der Waals surface area contributed by atoms with Crippen molar-refractivity contribution >= 4 is 11.9 Å². The lowest BCUT2D eigenvalue weighted by Crippen LogP contribution is -2.50. The maximum absolute atomic E-state index is 12.6. The van der Waals surface area contributed by atoms with Gasteiger partial charge < -0.3 is 20.1 Å². The van der Waals surface area contributed by atoms with Gasteiger partial charge in [0.1, 0.15) is 11.8 Å². The Morgan fingerprint density at radius 2 is 2.25 bits per heavy atom. The van der Waals surface area contributed by atoms with Gasteiger partial charge in [-0.1, -0.05) is 6.07 Å². The summed E-state index contributed by atoms with van der Waals surface area (Å²) in [5, 5.41) is 21.0. The maximum Gasteiger partial charge on any atom is 0.341 e. The van der Waals surface area contributed by atoms with Gasteiger partial charge in [-0.2, -0.15) is 5.26 Å². The molecule has 2 aliphatic rings. The Morgan fingerprint density at radius 1 is 1.42 bits per heavy atom. The Labute approximate surface area is 139 Å². The zero-order chi connectivity index (χ0) is 17.1. The molecule has 2 aliphatic heterocycles. The first-order valence-corrected chi connectivity index (χ1v) is 7.98. The number of rotatable bonds is 4. The molecular weight excluding hydrogens is 310 g/mol. The van der Waals surface area contributed by atoms with Gasteiger partial charge in [0.15, 0.2) is 6.61 Å². The fraction of sp³-hybridized carbons (Fsp3) is 0.471. The van der Waals surface area contributed by atoms with Crippen LogP contribution in [0.25, 0.3) is 0 Å². The van der Waals surface area contributed by atoms with E-state index in [1.807, 2.05) is 6.07 Å². The standard InChI is InChI=1S/C17H19N3O4/c18-8-13-2-1-5-20(13)17(23)15-7-11-3-4-14(24-10-16(21)22)6-12(11)9-19-15/h3-4,6,13,15,19H,1-2,5,7,9-10H2,(H,21,22)/t13?,15-/m0/s1. The molecule has 1 unspecified atom stereocenters. The summed E-state index contributed by atoms with van der Waals surface area (Å²) in [4.78, 5) is 24.9. The number of ether oxygens (including phenoxy) is 1. The van der Waals surface area contributed by atoms with E-state index >= 15 is 0 Å². The van der Waals surface area contributed by atoms with Crippen LogP contribution in [0.3, 0.4) is 0 Å². The van der Waals surface area contributed by atoms with Crippen molar-refractivity contribution < 1.29 is 19.4 Å². The average Bonchev–Trinajstić information content (AvgIpc) is 3.07. The van der Waals surface area contributed by atoms with E-state index in [1.54, 1.807) is 17.0 Å². The number of carboxylic acid groups (broad SMARTS) is 1. The van der Waals surface area contributed by atoms with Crippen LogP contribution < -0.4 is 10.1 Å². The molecule has 0 bridgehead atoms. The van der Waals surface area contributed by atoms with E-state index in [0.29, 0.717) is 25.3 Å². The molecule has 7 nitrogen and oxygen atoms in total. The Kier molecular flexibility index (Phi) is 4.67. The number of hydrogen-bond donors (Lipinski definition) is 2. The molecule has 7 heteroatoms. The Balaban J connectivity index is 1.67. The largest absolute Gasteiger partial charge is 0.482 e. The third-order valence-electron chi connectivity index (χ3n) is 4.49. The Hall–Kier alpha value is -2.59. The molecule has 1 amide bonds. The molecule has 0 spiro atoms. The highest BCUT2D eigenvalue weighted by molar-refractivity contribution is 5.83. The minimum Gasteiger partial charge on any atom is -0.482 e. The fourth-order valence-electron chi connectivity index (χ4n) is 3.27. The van der Waals surface area contributed by atoms with Gasteiger partial charge in [0.2, 0.25) is 5.91 Å². The number of benzene rings is 1. The quantitative estimate of drug-likeness (QED) is 0.842. The summed E-state index contributed by atoms with van der Waals surface area (Å²) in [6, 6.07) is 6.97. The van der Waals surface area contributed by atoms with Gasteiger partial charge in [-0.3, -0.25) is 4.79 Å². The summed E-state index contributed by atoms with van der Waals surface area (Å²) in [7, 11) is 0. The van der Waals surface area contributed by atoms with Crippen LogP contribution in [0.2, 0.25) is 0 Å². The number of amides is 1.